The summed E-state index contributed by atoms with van der Waals surface area (Å²) in [7, 11) is 0. The SMILES string of the molecule is CC1C=CC=C(C(c2ccccc2)C2(C)C=CC=CC2)C1. The molecule has 0 heteroatoms. The summed E-state index contributed by atoms with van der Waals surface area (Å²) >= 11 is 0. The van der Waals surface area contributed by atoms with E-state index in [1.165, 1.54) is 12.0 Å². The molecule has 21 heavy (non-hydrogen) atoms. The molecule has 2 aliphatic rings. The van der Waals surface area contributed by atoms with Crippen LogP contribution in [0.5, 0.6) is 0 Å². The predicted octanol–water partition coefficient (Wildman–Crippen LogP) is 5.82. The lowest BCUT2D eigenvalue weighted by Gasteiger charge is -2.39. The Labute approximate surface area is 128 Å². The van der Waals surface area contributed by atoms with E-state index >= 15 is 0 Å². The fourth-order valence-corrected chi connectivity index (χ4v) is 3.71. The lowest BCUT2D eigenvalue weighted by atomic mass is 9.65. The fraction of sp³-hybridized carbons (Fsp3) is 0.333. The van der Waals surface area contributed by atoms with Crippen LogP contribution in [-0.2, 0) is 0 Å². The molecule has 2 aliphatic carbocycles. The Hall–Kier alpha value is -1.82. The third-order valence-corrected chi connectivity index (χ3v) is 4.75. The lowest BCUT2D eigenvalue weighted by Crippen LogP contribution is -2.27. The molecule has 0 bridgehead atoms. The van der Waals surface area contributed by atoms with Gasteiger partial charge in [-0.15, -0.1) is 0 Å². The standard InChI is InChI=1S/C21H24/c1-17-10-9-13-19(16-17)20(18-11-5-3-6-12-18)21(2)14-7-4-8-15-21/h3-14,17,20H,15-16H2,1-2H3. The number of rotatable bonds is 3. The molecule has 0 radical (unpaired) electrons. The molecule has 0 spiro atoms. The van der Waals surface area contributed by atoms with Gasteiger partial charge in [-0.1, -0.05) is 92.3 Å². The van der Waals surface area contributed by atoms with E-state index in [1.807, 2.05) is 0 Å². The van der Waals surface area contributed by atoms with Crippen molar-refractivity contribution in [3.63, 3.8) is 0 Å². The average molecular weight is 276 g/mol. The highest BCUT2D eigenvalue weighted by atomic mass is 14.4. The van der Waals surface area contributed by atoms with E-state index < -0.39 is 0 Å². The van der Waals surface area contributed by atoms with Crippen molar-refractivity contribution in [1.82, 2.24) is 0 Å². The van der Waals surface area contributed by atoms with E-state index in [0.717, 1.165) is 6.42 Å². The minimum Gasteiger partial charge on any atom is -0.0837 e. The van der Waals surface area contributed by atoms with Crippen LogP contribution in [0.3, 0.4) is 0 Å². The average Bonchev–Trinajstić information content (AvgIpc) is 2.49. The van der Waals surface area contributed by atoms with Gasteiger partial charge in [0.25, 0.3) is 0 Å². The molecule has 0 saturated heterocycles. The van der Waals surface area contributed by atoms with Gasteiger partial charge in [0.15, 0.2) is 0 Å². The topological polar surface area (TPSA) is 0 Å². The van der Waals surface area contributed by atoms with E-state index in [9.17, 15) is 0 Å². The summed E-state index contributed by atoms with van der Waals surface area (Å²) in [6.07, 6.45) is 18.3. The zero-order valence-corrected chi connectivity index (χ0v) is 13.0. The maximum Gasteiger partial charge on any atom is 0.0143 e. The summed E-state index contributed by atoms with van der Waals surface area (Å²) in [6, 6.07) is 11.0. The minimum absolute atomic E-state index is 0.173. The Morgan fingerprint density at radius 2 is 1.90 bits per heavy atom. The monoisotopic (exact) mass is 276 g/mol. The van der Waals surface area contributed by atoms with Gasteiger partial charge in [-0.25, -0.2) is 0 Å². The van der Waals surface area contributed by atoms with E-state index in [2.05, 4.69) is 86.7 Å². The highest BCUT2D eigenvalue weighted by Gasteiger charge is 2.35. The smallest absolute Gasteiger partial charge is 0.0143 e. The highest BCUT2D eigenvalue weighted by molar-refractivity contribution is 5.39. The molecule has 3 rings (SSSR count). The molecule has 0 aliphatic heterocycles. The third kappa shape index (κ3) is 2.95. The van der Waals surface area contributed by atoms with Crippen molar-refractivity contribution in [3.8, 4) is 0 Å². The molecular formula is C21H24. The van der Waals surface area contributed by atoms with Crippen molar-refractivity contribution in [2.75, 3.05) is 0 Å². The van der Waals surface area contributed by atoms with Crippen LogP contribution in [-0.4, -0.2) is 0 Å². The van der Waals surface area contributed by atoms with E-state index in [4.69, 9.17) is 0 Å². The predicted molar refractivity (Wildman–Crippen MR) is 91.2 cm³/mol. The van der Waals surface area contributed by atoms with Gasteiger partial charge in [-0.2, -0.15) is 0 Å². The van der Waals surface area contributed by atoms with Crippen LogP contribution < -0.4 is 0 Å². The number of hydrogen-bond donors (Lipinski definition) is 0. The van der Waals surface area contributed by atoms with Crippen LogP contribution in [0.2, 0.25) is 0 Å². The van der Waals surface area contributed by atoms with Crippen LogP contribution in [0.15, 0.2) is 78.4 Å². The van der Waals surface area contributed by atoms with Crippen molar-refractivity contribution in [1.29, 1.82) is 0 Å². The lowest BCUT2D eigenvalue weighted by molar-refractivity contribution is 0.359. The van der Waals surface area contributed by atoms with Crippen molar-refractivity contribution in [2.45, 2.75) is 32.6 Å². The van der Waals surface area contributed by atoms with E-state index in [-0.39, 0.29) is 5.41 Å². The zero-order valence-electron chi connectivity index (χ0n) is 13.0. The Balaban J connectivity index is 2.04. The molecule has 0 fully saturated rings. The van der Waals surface area contributed by atoms with Gasteiger partial charge in [0, 0.05) is 5.92 Å². The molecular weight excluding hydrogens is 252 g/mol. The van der Waals surface area contributed by atoms with Crippen LogP contribution in [0, 0.1) is 11.3 Å². The van der Waals surface area contributed by atoms with Crippen molar-refractivity contribution < 1.29 is 0 Å². The Bertz CT molecular complexity index is 600. The summed E-state index contributed by atoms with van der Waals surface area (Å²) < 4.78 is 0. The largest absolute Gasteiger partial charge is 0.0837 e. The quantitative estimate of drug-likeness (QED) is 0.653. The van der Waals surface area contributed by atoms with E-state index in [1.54, 1.807) is 5.57 Å². The van der Waals surface area contributed by atoms with Crippen molar-refractivity contribution in [3.05, 3.63) is 84.0 Å². The second-order valence-electron chi connectivity index (χ2n) is 6.65. The second kappa shape index (κ2) is 5.89. The maximum atomic E-state index is 2.40. The molecule has 0 heterocycles. The molecule has 0 aromatic heterocycles. The minimum atomic E-state index is 0.173. The van der Waals surface area contributed by atoms with Gasteiger partial charge < -0.3 is 0 Å². The van der Waals surface area contributed by atoms with Gasteiger partial charge in [-0.05, 0) is 29.7 Å². The molecule has 3 atom stereocenters. The van der Waals surface area contributed by atoms with Gasteiger partial charge in [0.1, 0.15) is 0 Å². The van der Waals surface area contributed by atoms with Gasteiger partial charge in [0.2, 0.25) is 0 Å². The first-order chi connectivity index (χ1) is 10.2. The zero-order chi connectivity index (χ0) is 14.7. The third-order valence-electron chi connectivity index (χ3n) is 4.75. The number of benzene rings is 1. The van der Waals surface area contributed by atoms with Gasteiger partial charge in [-0.3, -0.25) is 0 Å². The molecule has 1 aromatic carbocycles. The van der Waals surface area contributed by atoms with Gasteiger partial charge >= 0.3 is 0 Å². The molecule has 0 saturated carbocycles. The van der Waals surface area contributed by atoms with Crippen LogP contribution >= 0.6 is 0 Å². The number of hydrogen-bond acceptors (Lipinski definition) is 0. The highest BCUT2D eigenvalue weighted by Crippen LogP contribution is 2.48. The summed E-state index contributed by atoms with van der Waals surface area (Å²) in [6.45, 7) is 4.71. The molecule has 1 aromatic rings. The molecule has 0 N–H and O–H groups in total. The first-order valence-electron chi connectivity index (χ1n) is 7.96. The first kappa shape index (κ1) is 14.1. The van der Waals surface area contributed by atoms with Crippen LogP contribution in [0.4, 0.5) is 0 Å². The van der Waals surface area contributed by atoms with E-state index in [0.29, 0.717) is 11.8 Å². The number of allylic oxidation sites excluding steroid dienone is 8. The first-order valence-corrected chi connectivity index (χ1v) is 7.96. The second-order valence-corrected chi connectivity index (χ2v) is 6.65. The normalized spacial score (nSPS) is 29.2. The summed E-state index contributed by atoms with van der Waals surface area (Å²) in [4.78, 5) is 0. The van der Waals surface area contributed by atoms with Crippen molar-refractivity contribution >= 4 is 0 Å². The molecule has 3 unspecified atom stereocenters. The van der Waals surface area contributed by atoms with Crippen LogP contribution in [0.25, 0.3) is 0 Å². The summed E-state index contributed by atoms with van der Waals surface area (Å²) in [5.74, 6) is 1.11. The Morgan fingerprint density at radius 3 is 2.57 bits per heavy atom. The summed E-state index contributed by atoms with van der Waals surface area (Å²) in [5.41, 5.74) is 3.18. The Kier molecular flexibility index (Phi) is 3.96. The Morgan fingerprint density at radius 1 is 1.10 bits per heavy atom. The fourth-order valence-electron chi connectivity index (χ4n) is 3.71. The van der Waals surface area contributed by atoms with Gasteiger partial charge in [0.05, 0.1) is 0 Å². The summed E-state index contributed by atoms with van der Waals surface area (Å²) in [5, 5.41) is 0. The maximum absolute atomic E-state index is 2.40. The molecule has 108 valence electrons. The van der Waals surface area contributed by atoms with Crippen LogP contribution in [0.1, 0.15) is 38.2 Å². The van der Waals surface area contributed by atoms with Crippen molar-refractivity contribution in [2.24, 2.45) is 11.3 Å². The molecule has 0 nitrogen and oxygen atoms in total. The molecule has 0 amide bonds.